The van der Waals surface area contributed by atoms with Crippen LogP contribution in [0.2, 0.25) is 5.02 Å². The van der Waals surface area contributed by atoms with Crippen molar-refractivity contribution >= 4 is 72.6 Å². The van der Waals surface area contributed by atoms with E-state index in [2.05, 4.69) is 10.3 Å². The second-order valence-electron chi connectivity index (χ2n) is 8.59. The first-order valence-electron chi connectivity index (χ1n) is 11.3. The van der Waals surface area contributed by atoms with E-state index in [1.165, 1.54) is 3.97 Å². The van der Waals surface area contributed by atoms with Crippen LogP contribution in [0.25, 0.3) is 21.8 Å². The van der Waals surface area contributed by atoms with Gasteiger partial charge in [-0.15, -0.1) is 0 Å². The van der Waals surface area contributed by atoms with Crippen LogP contribution in [0.3, 0.4) is 0 Å². The van der Waals surface area contributed by atoms with Gasteiger partial charge in [-0.3, -0.25) is 9.59 Å². The fraction of sp³-hybridized carbons (Fsp3) is 0.0741. The van der Waals surface area contributed by atoms with Crippen LogP contribution in [0, 0.1) is 0 Å². The third-order valence-electron chi connectivity index (χ3n) is 6.20. The lowest BCUT2D eigenvalue weighted by Gasteiger charge is -2.11. The van der Waals surface area contributed by atoms with Crippen molar-refractivity contribution < 1.29 is 18.0 Å². The molecule has 0 aliphatic carbocycles. The molecule has 0 atom stereocenters. The van der Waals surface area contributed by atoms with Gasteiger partial charge in [0, 0.05) is 11.3 Å². The predicted octanol–water partition coefficient (Wildman–Crippen LogP) is 5.55. The summed E-state index contributed by atoms with van der Waals surface area (Å²) in [7, 11) is -4.03. The highest BCUT2D eigenvalue weighted by Crippen LogP contribution is 2.33. The van der Waals surface area contributed by atoms with Crippen LogP contribution >= 0.6 is 23.4 Å². The standard InChI is InChI=1S/C27H18ClN3O4S2/c28-21-14-23-18(13-26(33)29-23)12-20(21)25(32)15-36-27-30-22-7-3-4-8-24(22)31(27)37(34,35)19-10-9-16-5-1-2-6-17(16)11-19/h1-12,14H,13,15H2,(H,29,33). The number of rotatable bonds is 6. The summed E-state index contributed by atoms with van der Waals surface area (Å²) >= 11 is 7.36. The molecule has 184 valence electrons. The lowest BCUT2D eigenvalue weighted by atomic mass is 10.1. The number of hydrogen-bond acceptors (Lipinski definition) is 6. The Balaban J connectivity index is 1.37. The third-order valence-corrected chi connectivity index (χ3v) is 9.27. The first-order valence-corrected chi connectivity index (χ1v) is 14.1. The van der Waals surface area contributed by atoms with Crippen molar-refractivity contribution in [2.45, 2.75) is 16.5 Å². The highest BCUT2D eigenvalue weighted by Gasteiger charge is 2.27. The van der Waals surface area contributed by atoms with Crippen LogP contribution in [-0.2, 0) is 21.2 Å². The zero-order chi connectivity index (χ0) is 25.7. The number of carbonyl (C=O) groups excluding carboxylic acids is 2. The number of fused-ring (bicyclic) bond motifs is 3. The van der Waals surface area contributed by atoms with Gasteiger partial charge in [0.05, 0.1) is 33.1 Å². The molecule has 0 fully saturated rings. The lowest BCUT2D eigenvalue weighted by Crippen LogP contribution is -2.15. The molecule has 4 aromatic carbocycles. The van der Waals surface area contributed by atoms with Crippen LogP contribution in [0.15, 0.2) is 88.9 Å². The summed E-state index contributed by atoms with van der Waals surface area (Å²) in [6, 6.07) is 22.6. The maximum Gasteiger partial charge on any atom is 0.270 e. The van der Waals surface area contributed by atoms with Crippen LogP contribution in [0.4, 0.5) is 5.69 Å². The van der Waals surface area contributed by atoms with E-state index in [1.807, 2.05) is 24.3 Å². The summed E-state index contributed by atoms with van der Waals surface area (Å²) in [5, 5.41) is 4.84. The topological polar surface area (TPSA) is 98.1 Å². The number of nitrogens with zero attached hydrogens (tertiary/aromatic N) is 2. The Morgan fingerprint density at radius 1 is 1.00 bits per heavy atom. The van der Waals surface area contributed by atoms with Crippen LogP contribution in [0.1, 0.15) is 15.9 Å². The van der Waals surface area contributed by atoms with E-state index < -0.39 is 10.0 Å². The van der Waals surface area contributed by atoms with Crippen molar-refractivity contribution in [1.82, 2.24) is 8.96 Å². The first-order chi connectivity index (χ1) is 17.8. The molecule has 1 N–H and O–H groups in total. The molecule has 0 unspecified atom stereocenters. The minimum absolute atomic E-state index is 0.0869. The molecule has 0 bridgehead atoms. The van der Waals surface area contributed by atoms with Gasteiger partial charge in [0.2, 0.25) is 5.91 Å². The fourth-order valence-corrected chi connectivity index (χ4v) is 7.31. The molecule has 0 spiro atoms. The summed E-state index contributed by atoms with van der Waals surface area (Å²) < 4.78 is 28.9. The number of benzene rings is 4. The Hall–Kier alpha value is -3.66. The van der Waals surface area contributed by atoms with Gasteiger partial charge in [0.15, 0.2) is 10.9 Å². The van der Waals surface area contributed by atoms with E-state index in [1.54, 1.807) is 54.6 Å². The predicted molar refractivity (Wildman–Crippen MR) is 145 cm³/mol. The third kappa shape index (κ3) is 4.19. The second kappa shape index (κ2) is 9.02. The SMILES string of the molecule is O=C1Cc2cc(C(=O)CSc3nc4ccccc4n3S(=O)(=O)c3ccc4ccccc4c3)c(Cl)cc2N1. The molecule has 7 nitrogen and oxygen atoms in total. The molecule has 0 saturated carbocycles. The van der Waals surface area contributed by atoms with Crippen LogP contribution in [0.5, 0.6) is 0 Å². The zero-order valence-corrected chi connectivity index (χ0v) is 21.5. The number of aromatic nitrogens is 2. The molecule has 6 rings (SSSR count). The number of imidazole rings is 1. The zero-order valence-electron chi connectivity index (χ0n) is 19.1. The Kier molecular flexibility index (Phi) is 5.78. The van der Waals surface area contributed by atoms with Gasteiger partial charge < -0.3 is 5.32 Å². The molecule has 1 aliphatic heterocycles. The van der Waals surface area contributed by atoms with E-state index in [-0.39, 0.29) is 44.5 Å². The maximum atomic E-state index is 13.9. The number of Topliss-reactive ketones (excluding diaryl/α,β-unsaturated/α-hetero) is 1. The molecule has 10 heteroatoms. The van der Waals surface area contributed by atoms with E-state index >= 15 is 0 Å². The largest absolute Gasteiger partial charge is 0.325 e. The quantitative estimate of drug-likeness (QED) is 0.221. The maximum absolute atomic E-state index is 13.9. The van der Waals surface area contributed by atoms with Crippen molar-refractivity contribution in [2.24, 2.45) is 0 Å². The molecule has 0 radical (unpaired) electrons. The van der Waals surface area contributed by atoms with Gasteiger partial charge in [-0.05, 0) is 52.7 Å². The molecule has 5 aromatic rings. The smallest absolute Gasteiger partial charge is 0.270 e. The summed E-state index contributed by atoms with van der Waals surface area (Å²) in [5.74, 6) is -0.535. The van der Waals surface area contributed by atoms with E-state index in [0.717, 1.165) is 22.5 Å². The average Bonchev–Trinajstić information content (AvgIpc) is 3.45. The number of para-hydroxylation sites is 2. The van der Waals surface area contributed by atoms with Crippen LogP contribution < -0.4 is 5.32 Å². The average molecular weight is 548 g/mol. The number of halogens is 1. The highest BCUT2D eigenvalue weighted by molar-refractivity contribution is 8.00. The number of amides is 1. The Morgan fingerprint density at radius 2 is 1.76 bits per heavy atom. The minimum atomic E-state index is -4.03. The number of carbonyl (C=O) groups is 2. The number of hydrogen-bond donors (Lipinski definition) is 1. The molecule has 37 heavy (non-hydrogen) atoms. The van der Waals surface area contributed by atoms with Gasteiger partial charge >= 0.3 is 0 Å². The minimum Gasteiger partial charge on any atom is -0.325 e. The summed E-state index contributed by atoms with van der Waals surface area (Å²) in [4.78, 5) is 29.5. The van der Waals surface area contributed by atoms with Crippen molar-refractivity contribution in [3.63, 3.8) is 0 Å². The number of ketones is 1. The lowest BCUT2D eigenvalue weighted by molar-refractivity contribution is -0.115. The van der Waals surface area contributed by atoms with Crippen molar-refractivity contribution in [3.8, 4) is 0 Å². The molecule has 1 aliphatic rings. The second-order valence-corrected chi connectivity index (χ2v) is 11.7. The number of nitrogens with one attached hydrogen (secondary N) is 1. The molecule has 1 aromatic heterocycles. The Morgan fingerprint density at radius 3 is 2.59 bits per heavy atom. The summed E-state index contributed by atoms with van der Waals surface area (Å²) in [5.41, 5.74) is 2.51. The molecule has 1 amide bonds. The Labute approximate surface area is 221 Å². The van der Waals surface area contributed by atoms with Gasteiger partial charge in [0.25, 0.3) is 10.0 Å². The first kappa shape index (κ1) is 23.7. The van der Waals surface area contributed by atoms with E-state index in [9.17, 15) is 18.0 Å². The van der Waals surface area contributed by atoms with Gasteiger partial charge in [-0.1, -0.05) is 65.8 Å². The van der Waals surface area contributed by atoms with E-state index in [4.69, 9.17) is 11.6 Å². The van der Waals surface area contributed by atoms with Gasteiger partial charge in [-0.25, -0.2) is 17.4 Å². The molecule has 2 heterocycles. The molecular formula is C27H18ClN3O4S2. The van der Waals surface area contributed by atoms with Gasteiger partial charge in [0.1, 0.15) is 0 Å². The van der Waals surface area contributed by atoms with Crippen LogP contribution in [-0.4, -0.2) is 34.8 Å². The number of thioether (sulfide) groups is 1. The fourth-order valence-electron chi connectivity index (χ4n) is 4.41. The van der Waals surface area contributed by atoms with Crippen molar-refractivity contribution in [2.75, 3.05) is 11.1 Å². The Bertz CT molecular complexity index is 1860. The summed E-state index contributed by atoms with van der Waals surface area (Å²) in [6.45, 7) is 0. The van der Waals surface area contributed by atoms with E-state index in [0.29, 0.717) is 22.3 Å². The van der Waals surface area contributed by atoms with Crippen molar-refractivity contribution in [1.29, 1.82) is 0 Å². The normalized spacial score (nSPS) is 13.2. The summed E-state index contributed by atoms with van der Waals surface area (Å²) in [6.07, 6.45) is 0.180. The number of anilines is 1. The molecule has 0 saturated heterocycles. The monoisotopic (exact) mass is 547 g/mol. The van der Waals surface area contributed by atoms with Gasteiger partial charge in [-0.2, -0.15) is 0 Å². The highest BCUT2D eigenvalue weighted by atomic mass is 35.5. The van der Waals surface area contributed by atoms with Crippen molar-refractivity contribution in [3.05, 3.63) is 95.0 Å². The molecular weight excluding hydrogens is 530 g/mol.